The number of sulfonamides is 1. The van der Waals surface area contributed by atoms with E-state index in [1.807, 2.05) is 12.1 Å². The van der Waals surface area contributed by atoms with E-state index in [4.69, 9.17) is 5.11 Å². The second kappa shape index (κ2) is 5.28. The molecule has 3 N–H and O–H groups in total. The molecular formula is C12H15NO5S. The van der Waals surface area contributed by atoms with Crippen LogP contribution in [0.3, 0.4) is 0 Å². The first-order valence-electron chi connectivity index (χ1n) is 5.87. The van der Waals surface area contributed by atoms with Crippen LogP contribution in [0.1, 0.15) is 23.6 Å². The first-order valence-corrected chi connectivity index (χ1v) is 7.52. The van der Waals surface area contributed by atoms with Gasteiger partial charge in [0.05, 0.1) is 24.3 Å². The van der Waals surface area contributed by atoms with Crippen LogP contribution >= 0.6 is 0 Å². The van der Waals surface area contributed by atoms with Gasteiger partial charge < -0.3 is 10.2 Å². The van der Waals surface area contributed by atoms with Gasteiger partial charge in [-0.2, -0.15) is 0 Å². The summed E-state index contributed by atoms with van der Waals surface area (Å²) in [6, 6.07) is 6.50. The van der Waals surface area contributed by atoms with Crippen molar-refractivity contribution < 1.29 is 23.4 Å². The summed E-state index contributed by atoms with van der Waals surface area (Å²) in [7, 11) is -3.73. The molecule has 6 nitrogen and oxygen atoms in total. The highest BCUT2D eigenvalue weighted by Gasteiger charge is 2.33. The average Bonchev–Trinajstić information content (AvgIpc) is 2.64. The van der Waals surface area contributed by atoms with E-state index in [2.05, 4.69) is 4.72 Å². The minimum Gasteiger partial charge on any atom is -0.481 e. The molecule has 0 fully saturated rings. The standard InChI is InChI=1S/C12H15NO5S/c14-10-7-8-3-1-2-4-9(8)12(10)13-19(17,18)6-5-11(15)16/h1-4,10,12-14H,5-7H2,(H,15,16)/t10-,12+/m0/s1. The molecule has 0 saturated heterocycles. The van der Waals surface area contributed by atoms with Crippen LogP contribution in [0.4, 0.5) is 0 Å². The number of aliphatic carboxylic acids is 1. The second-order valence-corrected chi connectivity index (χ2v) is 6.40. The maximum absolute atomic E-state index is 11.8. The number of benzene rings is 1. The van der Waals surface area contributed by atoms with E-state index in [9.17, 15) is 18.3 Å². The molecule has 1 aliphatic rings. The van der Waals surface area contributed by atoms with Crippen molar-refractivity contribution in [1.29, 1.82) is 0 Å². The van der Waals surface area contributed by atoms with Crippen LogP contribution in [0.5, 0.6) is 0 Å². The van der Waals surface area contributed by atoms with Gasteiger partial charge in [0.1, 0.15) is 0 Å². The van der Waals surface area contributed by atoms with E-state index in [0.717, 1.165) is 11.1 Å². The number of nitrogens with one attached hydrogen (secondary N) is 1. The molecule has 2 atom stereocenters. The van der Waals surface area contributed by atoms with E-state index in [-0.39, 0.29) is 0 Å². The van der Waals surface area contributed by atoms with E-state index >= 15 is 0 Å². The van der Waals surface area contributed by atoms with E-state index < -0.39 is 40.3 Å². The van der Waals surface area contributed by atoms with E-state index in [0.29, 0.717) is 6.42 Å². The van der Waals surface area contributed by atoms with Gasteiger partial charge in [-0.3, -0.25) is 4.79 Å². The Bertz CT molecular complexity index is 584. The molecule has 0 aliphatic heterocycles. The molecule has 0 saturated carbocycles. The zero-order valence-electron chi connectivity index (χ0n) is 10.1. The van der Waals surface area contributed by atoms with E-state index in [1.165, 1.54) is 0 Å². The topological polar surface area (TPSA) is 104 Å². The summed E-state index contributed by atoms with van der Waals surface area (Å²) in [6.45, 7) is 0. The lowest BCUT2D eigenvalue weighted by Gasteiger charge is -2.17. The highest BCUT2D eigenvalue weighted by molar-refractivity contribution is 7.89. The van der Waals surface area contributed by atoms with Gasteiger partial charge >= 0.3 is 5.97 Å². The van der Waals surface area contributed by atoms with Crippen molar-refractivity contribution in [2.45, 2.75) is 25.0 Å². The van der Waals surface area contributed by atoms with Crippen molar-refractivity contribution in [2.75, 3.05) is 5.75 Å². The normalized spacial score (nSPS) is 22.2. The lowest BCUT2D eigenvalue weighted by Crippen LogP contribution is -2.35. The molecule has 0 spiro atoms. The van der Waals surface area contributed by atoms with Crippen LogP contribution in [-0.4, -0.2) is 36.5 Å². The van der Waals surface area contributed by atoms with Crippen molar-refractivity contribution >= 4 is 16.0 Å². The zero-order valence-corrected chi connectivity index (χ0v) is 10.9. The number of fused-ring (bicyclic) bond motifs is 1. The Morgan fingerprint density at radius 2 is 2.05 bits per heavy atom. The lowest BCUT2D eigenvalue weighted by molar-refractivity contribution is -0.136. The van der Waals surface area contributed by atoms with Gasteiger partial charge in [-0.25, -0.2) is 13.1 Å². The maximum atomic E-state index is 11.8. The molecule has 0 amide bonds. The molecule has 1 aromatic rings. The molecule has 104 valence electrons. The molecular weight excluding hydrogens is 270 g/mol. The van der Waals surface area contributed by atoms with E-state index in [1.54, 1.807) is 12.1 Å². The van der Waals surface area contributed by atoms with Crippen molar-refractivity contribution in [3.05, 3.63) is 35.4 Å². The third-order valence-electron chi connectivity index (χ3n) is 3.10. The first-order chi connectivity index (χ1) is 8.89. The molecule has 0 heterocycles. The van der Waals surface area contributed by atoms with Gasteiger partial charge in [0.2, 0.25) is 10.0 Å². The molecule has 0 aromatic heterocycles. The Morgan fingerprint density at radius 1 is 1.37 bits per heavy atom. The van der Waals surface area contributed by atoms with Crippen molar-refractivity contribution in [3.63, 3.8) is 0 Å². The Kier molecular flexibility index (Phi) is 3.88. The average molecular weight is 285 g/mol. The molecule has 2 rings (SSSR count). The minimum absolute atomic E-state index is 0.391. The van der Waals surface area contributed by atoms with Gasteiger partial charge in [0.15, 0.2) is 0 Å². The van der Waals surface area contributed by atoms with Gasteiger partial charge in [0, 0.05) is 6.42 Å². The van der Waals surface area contributed by atoms with Gasteiger partial charge in [0.25, 0.3) is 0 Å². The fraction of sp³-hybridized carbons (Fsp3) is 0.417. The van der Waals surface area contributed by atoms with Gasteiger partial charge in [-0.05, 0) is 11.1 Å². The number of aliphatic hydroxyl groups is 1. The summed E-state index contributed by atoms with van der Waals surface area (Å²) in [5, 5.41) is 18.4. The molecule has 0 radical (unpaired) electrons. The zero-order chi connectivity index (χ0) is 14.0. The van der Waals surface area contributed by atoms with Crippen LogP contribution in [-0.2, 0) is 21.2 Å². The van der Waals surface area contributed by atoms with Gasteiger partial charge in [-0.1, -0.05) is 24.3 Å². The summed E-state index contributed by atoms with van der Waals surface area (Å²) in [6.07, 6.45) is -0.890. The number of rotatable bonds is 5. The third kappa shape index (κ3) is 3.31. The fourth-order valence-electron chi connectivity index (χ4n) is 2.19. The summed E-state index contributed by atoms with van der Waals surface area (Å²) < 4.78 is 25.9. The molecule has 1 aromatic carbocycles. The summed E-state index contributed by atoms with van der Waals surface area (Å²) in [4.78, 5) is 10.4. The minimum atomic E-state index is -3.73. The number of aliphatic hydroxyl groups excluding tert-OH is 1. The fourth-order valence-corrected chi connectivity index (χ4v) is 3.42. The highest BCUT2D eigenvalue weighted by atomic mass is 32.2. The summed E-state index contributed by atoms with van der Waals surface area (Å²) in [5.74, 6) is -1.66. The quantitative estimate of drug-likeness (QED) is 0.708. The Labute approximate surface area is 111 Å². The van der Waals surface area contributed by atoms with Crippen molar-refractivity contribution in [2.24, 2.45) is 0 Å². The molecule has 7 heteroatoms. The van der Waals surface area contributed by atoms with Crippen LogP contribution < -0.4 is 4.72 Å². The summed E-state index contributed by atoms with van der Waals surface area (Å²) in [5.41, 5.74) is 1.65. The predicted molar refractivity (Wildman–Crippen MR) is 68.1 cm³/mol. The lowest BCUT2D eigenvalue weighted by atomic mass is 10.1. The molecule has 1 aliphatic carbocycles. The number of carboxylic acid groups (broad SMARTS) is 1. The van der Waals surface area contributed by atoms with Crippen LogP contribution in [0.15, 0.2) is 24.3 Å². The third-order valence-corrected chi connectivity index (χ3v) is 4.45. The first kappa shape index (κ1) is 14.0. The smallest absolute Gasteiger partial charge is 0.304 e. The maximum Gasteiger partial charge on any atom is 0.304 e. The Balaban J connectivity index is 2.13. The second-order valence-electron chi connectivity index (χ2n) is 4.53. The Morgan fingerprint density at radius 3 is 2.74 bits per heavy atom. The molecule has 0 bridgehead atoms. The molecule has 0 unspecified atom stereocenters. The Hall–Kier alpha value is -1.44. The largest absolute Gasteiger partial charge is 0.481 e. The summed E-state index contributed by atoms with van der Waals surface area (Å²) >= 11 is 0. The highest BCUT2D eigenvalue weighted by Crippen LogP contribution is 2.31. The number of hydrogen-bond acceptors (Lipinski definition) is 4. The number of carbonyl (C=O) groups is 1. The monoisotopic (exact) mass is 285 g/mol. The number of carboxylic acids is 1. The molecule has 19 heavy (non-hydrogen) atoms. The van der Waals surface area contributed by atoms with Crippen LogP contribution in [0, 0.1) is 0 Å². The van der Waals surface area contributed by atoms with Crippen molar-refractivity contribution in [3.8, 4) is 0 Å². The SMILES string of the molecule is O=C(O)CCS(=O)(=O)N[C@@H]1c2ccccc2C[C@@H]1O. The number of hydrogen-bond donors (Lipinski definition) is 3. The van der Waals surface area contributed by atoms with Gasteiger partial charge in [-0.15, -0.1) is 0 Å². The predicted octanol–water partition coefficient (Wildman–Crippen LogP) is 0.0388. The van der Waals surface area contributed by atoms with Crippen LogP contribution in [0.2, 0.25) is 0 Å². The van der Waals surface area contributed by atoms with Crippen molar-refractivity contribution in [1.82, 2.24) is 4.72 Å². The van der Waals surface area contributed by atoms with Crippen LogP contribution in [0.25, 0.3) is 0 Å².